The summed E-state index contributed by atoms with van der Waals surface area (Å²) < 4.78 is 22.4. The van der Waals surface area contributed by atoms with Gasteiger partial charge in [0.1, 0.15) is 11.5 Å². The van der Waals surface area contributed by atoms with Crippen molar-refractivity contribution < 1.29 is 13.9 Å². The lowest BCUT2D eigenvalue weighted by Gasteiger charge is -2.36. The summed E-state index contributed by atoms with van der Waals surface area (Å²) in [4.78, 5) is 19.5. The van der Waals surface area contributed by atoms with Crippen LogP contribution in [-0.2, 0) is 9.53 Å². The van der Waals surface area contributed by atoms with Crippen molar-refractivity contribution in [2.75, 3.05) is 13.1 Å². The smallest absolute Gasteiger partial charge is 0.223 e. The maximum Gasteiger partial charge on any atom is 0.223 e. The van der Waals surface area contributed by atoms with E-state index in [0.717, 1.165) is 16.9 Å². The first-order chi connectivity index (χ1) is 13.9. The lowest BCUT2D eigenvalue weighted by molar-refractivity contribution is -0.143. The number of halogens is 1. The van der Waals surface area contributed by atoms with Gasteiger partial charge in [-0.25, -0.2) is 9.37 Å². The number of carbonyl (C=O) groups is 1. The van der Waals surface area contributed by atoms with E-state index >= 15 is 0 Å². The number of carbonyl (C=O) groups excluding carboxylic acids is 1. The van der Waals surface area contributed by atoms with Gasteiger partial charge >= 0.3 is 0 Å². The quantitative estimate of drug-likeness (QED) is 0.672. The van der Waals surface area contributed by atoms with E-state index in [1.807, 2.05) is 54.5 Å². The molecule has 3 heterocycles. The van der Waals surface area contributed by atoms with Crippen LogP contribution in [0.2, 0.25) is 0 Å². The summed E-state index contributed by atoms with van der Waals surface area (Å²) >= 11 is 0. The van der Waals surface area contributed by atoms with E-state index in [9.17, 15) is 9.18 Å². The summed E-state index contributed by atoms with van der Waals surface area (Å²) in [5.41, 5.74) is 3.22. The van der Waals surface area contributed by atoms with Crippen molar-refractivity contribution in [2.24, 2.45) is 0 Å². The first-order valence-corrected chi connectivity index (χ1v) is 10.0. The number of pyridine rings is 1. The second kappa shape index (κ2) is 7.95. The fourth-order valence-electron chi connectivity index (χ4n) is 4.18. The van der Waals surface area contributed by atoms with Crippen LogP contribution in [0.25, 0.3) is 5.65 Å². The Morgan fingerprint density at radius 3 is 2.69 bits per heavy atom. The van der Waals surface area contributed by atoms with Crippen LogP contribution < -0.4 is 0 Å². The molecule has 0 radical (unpaired) electrons. The molecule has 0 bridgehead atoms. The van der Waals surface area contributed by atoms with Crippen LogP contribution in [0.3, 0.4) is 0 Å². The van der Waals surface area contributed by atoms with Gasteiger partial charge < -0.3 is 14.0 Å². The number of aromatic nitrogens is 2. The molecule has 0 aliphatic carbocycles. The van der Waals surface area contributed by atoms with Gasteiger partial charge in [0.25, 0.3) is 0 Å². The first-order valence-electron chi connectivity index (χ1n) is 10.0. The molecule has 3 aromatic rings. The summed E-state index contributed by atoms with van der Waals surface area (Å²) in [6, 6.07) is 10.6. The fourth-order valence-corrected chi connectivity index (χ4v) is 4.18. The van der Waals surface area contributed by atoms with E-state index < -0.39 is 5.92 Å². The Morgan fingerprint density at radius 2 is 1.97 bits per heavy atom. The Kier molecular flexibility index (Phi) is 5.37. The number of amides is 1. The molecule has 5 nitrogen and oxygen atoms in total. The van der Waals surface area contributed by atoms with Gasteiger partial charge in [0.15, 0.2) is 0 Å². The van der Waals surface area contributed by atoms with E-state index in [0.29, 0.717) is 18.7 Å². The molecule has 1 saturated heterocycles. The van der Waals surface area contributed by atoms with Crippen molar-refractivity contribution in [3.63, 3.8) is 0 Å². The number of morpholine rings is 1. The summed E-state index contributed by atoms with van der Waals surface area (Å²) in [7, 11) is 0. The molecule has 1 aliphatic rings. The van der Waals surface area contributed by atoms with E-state index in [1.54, 1.807) is 18.3 Å². The Labute approximate surface area is 170 Å². The maximum atomic E-state index is 14.7. The number of hydrogen-bond donors (Lipinski definition) is 0. The minimum absolute atomic E-state index is 0.00214. The molecule has 3 atom stereocenters. The second-order valence-electron chi connectivity index (χ2n) is 7.95. The third-order valence-corrected chi connectivity index (χ3v) is 5.49. The van der Waals surface area contributed by atoms with Gasteiger partial charge in [0.2, 0.25) is 5.91 Å². The van der Waals surface area contributed by atoms with Crippen LogP contribution in [0.15, 0.2) is 48.8 Å². The van der Waals surface area contributed by atoms with Crippen LogP contribution in [-0.4, -0.2) is 45.5 Å². The molecule has 6 heteroatoms. The predicted octanol–water partition coefficient (Wildman–Crippen LogP) is 3.94. The zero-order valence-electron chi connectivity index (χ0n) is 17.0. The Bertz CT molecular complexity index is 1020. The number of aryl methyl sites for hydroxylation is 1. The first kappa shape index (κ1) is 19.6. The van der Waals surface area contributed by atoms with Gasteiger partial charge in [-0.3, -0.25) is 4.79 Å². The lowest BCUT2D eigenvalue weighted by atomic mass is 9.91. The molecule has 3 unspecified atom stereocenters. The largest absolute Gasteiger partial charge is 0.372 e. The zero-order chi connectivity index (χ0) is 20.5. The molecule has 1 amide bonds. The minimum Gasteiger partial charge on any atom is -0.372 e. The van der Waals surface area contributed by atoms with Gasteiger partial charge in [-0.1, -0.05) is 18.2 Å². The molecule has 0 saturated carbocycles. The Balaban J connectivity index is 1.71. The van der Waals surface area contributed by atoms with Crippen LogP contribution in [0.1, 0.15) is 43.0 Å². The van der Waals surface area contributed by atoms with Crippen LogP contribution >= 0.6 is 0 Å². The Hall–Kier alpha value is -2.73. The number of imidazole rings is 1. The highest BCUT2D eigenvalue weighted by Gasteiger charge is 2.30. The van der Waals surface area contributed by atoms with Gasteiger partial charge in [0.05, 0.1) is 17.9 Å². The number of ether oxygens (including phenoxy) is 1. The number of rotatable bonds is 4. The molecule has 1 aliphatic heterocycles. The fraction of sp³-hybridized carbons (Fsp3) is 0.391. The van der Waals surface area contributed by atoms with Crippen LogP contribution in [0.4, 0.5) is 4.39 Å². The summed E-state index contributed by atoms with van der Waals surface area (Å²) in [6.45, 7) is 7.06. The molecule has 0 N–H and O–H groups in total. The highest BCUT2D eigenvalue weighted by Crippen LogP contribution is 2.31. The maximum absolute atomic E-state index is 14.7. The predicted molar refractivity (Wildman–Crippen MR) is 109 cm³/mol. The van der Waals surface area contributed by atoms with Crippen molar-refractivity contribution in [3.05, 3.63) is 71.4 Å². The SMILES string of the molecule is Cc1ccn2c(C(CC(=O)N3CC(C)OC(C)C3)c3ccccc3F)cnc2c1. The van der Waals surface area contributed by atoms with Crippen molar-refractivity contribution in [1.29, 1.82) is 0 Å². The van der Waals surface area contributed by atoms with Gasteiger partial charge in [-0.2, -0.15) is 0 Å². The summed E-state index contributed by atoms with van der Waals surface area (Å²) in [5.74, 6) is -0.728. The van der Waals surface area contributed by atoms with Crippen LogP contribution in [0, 0.1) is 12.7 Å². The van der Waals surface area contributed by atoms with Gasteiger partial charge in [0, 0.05) is 37.8 Å². The third kappa shape index (κ3) is 4.03. The molecule has 2 aromatic heterocycles. The molecule has 29 heavy (non-hydrogen) atoms. The highest BCUT2D eigenvalue weighted by atomic mass is 19.1. The van der Waals surface area contributed by atoms with E-state index in [2.05, 4.69) is 4.98 Å². The molecule has 4 rings (SSSR count). The van der Waals surface area contributed by atoms with Crippen molar-refractivity contribution in [2.45, 2.75) is 45.3 Å². The molecule has 1 fully saturated rings. The summed E-state index contributed by atoms with van der Waals surface area (Å²) in [6.07, 6.45) is 3.86. The number of nitrogens with zero attached hydrogens (tertiary/aromatic N) is 3. The second-order valence-corrected chi connectivity index (χ2v) is 7.95. The van der Waals surface area contributed by atoms with E-state index in [-0.39, 0.29) is 30.4 Å². The van der Waals surface area contributed by atoms with E-state index in [1.165, 1.54) is 6.07 Å². The molecule has 0 spiro atoms. The average molecular weight is 395 g/mol. The highest BCUT2D eigenvalue weighted by molar-refractivity contribution is 5.78. The standard InChI is InChI=1S/C23H26FN3O2/c1-15-8-9-27-21(12-25-22(27)10-15)19(18-6-4-5-7-20(18)24)11-23(28)26-13-16(2)29-17(3)14-26/h4-10,12,16-17,19H,11,13-14H2,1-3H3. The van der Waals surface area contributed by atoms with E-state index in [4.69, 9.17) is 4.74 Å². The molecule has 1 aromatic carbocycles. The number of hydrogen-bond acceptors (Lipinski definition) is 3. The lowest BCUT2D eigenvalue weighted by Crippen LogP contribution is -2.48. The van der Waals surface area contributed by atoms with Crippen LogP contribution in [0.5, 0.6) is 0 Å². The monoisotopic (exact) mass is 395 g/mol. The topological polar surface area (TPSA) is 46.8 Å². The Morgan fingerprint density at radius 1 is 1.24 bits per heavy atom. The number of benzene rings is 1. The van der Waals surface area contributed by atoms with Crippen molar-refractivity contribution in [1.82, 2.24) is 14.3 Å². The summed E-state index contributed by atoms with van der Waals surface area (Å²) in [5, 5.41) is 0. The normalized spacial score (nSPS) is 20.8. The molecule has 152 valence electrons. The third-order valence-electron chi connectivity index (χ3n) is 5.49. The van der Waals surface area contributed by atoms with Crippen molar-refractivity contribution >= 4 is 11.6 Å². The zero-order valence-corrected chi connectivity index (χ0v) is 17.0. The average Bonchev–Trinajstić information content (AvgIpc) is 3.08. The number of fused-ring (bicyclic) bond motifs is 1. The minimum atomic E-state index is -0.421. The molecular formula is C23H26FN3O2. The van der Waals surface area contributed by atoms with Gasteiger partial charge in [-0.15, -0.1) is 0 Å². The molecular weight excluding hydrogens is 369 g/mol. The van der Waals surface area contributed by atoms with Gasteiger partial charge in [-0.05, 0) is 50.1 Å². The van der Waals surface area contributed by atoms with Crippen molar-refractivity contribution in [3.8, 4) is 0 Å².